The SMILES string of the molecule is COc1cc([N+](=O)[O-])ccc1N1C[C@H](C(=O)Nc2ccc(C(=O)Nn3c(C)ccc3C)cc2)CC1=O. The number of hydrogen-bond acceptors (Lipinski definition) is 6. The highest BCUT2D eigenvalue weighted by molar-refractivity contribution is 6.05. The number of nitrogens with zero attached hydrogens (tertiary/aromatic N) is 3. The maximum atomic E-state index is 12.8. The fraction of sp³-hybridized carbons (Fsp3) is 0.240. The minimum absolute atomic E-state index is 0.0119. The Balaban J connectivity index is 1.40. The molecule has 2 N–H and O–H groups in total. The number of hydrogen-bond donors (Lipinski definition) is 2. The van der Waals surface area contributed by atoms with Gasteiger partial charge in [0.25, 0.3) is 11.6 Å². The van der Waals surface area contributed by atoms with Crippen molar-refractivity contribution in [2.24, 2.45) is 5.92 Å². The molecule has 1 aliphatic rings. The molecule has 0 bridgehead atoms. The topological polar surface area (TPSA) is 136 Å². The van der Waals surface area contributed by atoms with Gasteiger partial charge in [-0.1, -0.05) is 0 Å². The van der Waals surface area contributed by atoms with Crippen LogP contribution in [0.4, 0.5) is 17.1 Å². The van der Waals surface area contributed by atoms with Crippen LogP contribution in [0.15, 0.2) is 54.6 Å². The predicted molar refractivity (Wildman–Crippen MR) is 133 cm³/mol. The van der Waals surface area contributed by atoms with Gasteiger partial charge in [-0.05, 0) is 56.3 Å². The summed E-state index contributed by atoms with van der Waals surface area (Å²) in [5.74, 6) is -1.37. The van der Waals surface area contributed by atoms with Crippen LogP contribution in [0, 0.1) is 29.9 Å². The number of aromatic nitrogens is 1. The molecule has 0 aliphatic carbocycles. The van der Waals surface area contributed by atoms with Crippen molar-refractivity contribution >= 4 is 34.8 Å². The van der Waals surface area contributed by atoms with E-state index in [1.165, 1.54) is 30.2 Å². The summed E-state index contributed by atoms with van der Waals surface area (Å²) in [5, 5.41) is 13.8. The summed E-state index contributed by atoms with van der Waals surface area (Å²) in [4.78, 5) is 49.9. The maximum absolute atomic E-state index is 12.8. The number of rotatable bonds is 7. The smallest absolute Gasteiger partial charge is 0.273 e. The van der Waals surface area contributed by atoms with Gasteiger partial charge in [0.1, 0.15) is 5.75 Å². The highest BCUT2D eigenvalue weighted by Crippen LogP contribution is 2.36. The minimum atomic E-state index is -0.625. The molecule has 3 amide bonds. The fourth-order valence-electron chi connectivity index (χ4n) is 4.08. The molecule has 1 fully saturated rings. The van der Waals surface area contributed by atoms with Crippen LogP contribution in [-0.2, 0) is 9.59 Å². The molecule has 0 unspecified atom stereocenters. The molecule has 0 radical (unpaired) electrons. The highest BCUT2D eigenvalue weighted by atomic mass is 16.6. The molecule has 11 heteroatoms. The molecule has 2 aromatic carbocycles. The number of anilines is 2. The number of benzene rings is 2. The molecule has 36 heavy (non-hydrogen) atoms. The average molecular weight is 492 g/mol. The van der Waals surface area contributed by atoms with Gasteiger partial charge in [-0.25, -0.2) is 0 Å². The molecule has 4 rings (SSSR count). The van der Waals surface area contributed by atoms with Crippen LogP contribution in [0.3, 0.4) is 0 Å². The Kier molecular flexibility index (Phi) is 6.73. The summed E-state index contributed by atoms with van der Waals surface area (Å²) >= 11 is 0. The molecular formula is C25H25N5O6. The van der Waals surface area contributed by atoms with Gasteiger partial charge in [-0.3, -0.25) is 34.6 Å². The normalized spacial score (nSPS) is 15.0. The van der Waals surface area contributed by atoms with Gasteiger partial charge < -0.3 is 15.0 Å². The van der Waals surface area contributed by atoms with Crippen LogP contribution < -0.4 is 20.4 Å². The number of nitro benzene ring substituents is 1. The number of methoxy groups -OCH3 is 1. The molecule has 2 heterocycles. The van der Waals surface area contributed by atoms with Crippen molar-refractivity contribution in [1.29, 1.82) is 0 Å². The molecule has 1 atom stereocenters. The summed E-state index contributed by atoms with van der Waals surface area (Å²) < 4.78 is 6.93. The van der Waals surface area contributed by atoms with Gasteiger partial charge in [-0.2, -0.15) is 0 Å². The van der Waals surface area contributed by atoms with Crippen LogP contribution >= 0.6 is 0 Å². The number of carbonyl (C=O) groups excluding carboxylic acids is 3. The minimum Gasteiger partial charge on any atom is -0.494 e. The first-order valence-electron chi connectivity index (χ1n) is 11.2. The number of carbonyl (C=O) groups is 3. The van der Waals surface area contributed by atoms with Crippen molar-refractivity contribution in [1.82, 2.24) is 4.68 Å². The highest BCUT2D eigenvalue weighted by Gasteiger charge is 2.36. The summed E-state index contributed by atoms with van der Waals surface area (Å²) in [6.45, 7) is 3.88. The number of aryl methyl sites for hydroxylation is 2. The van der Waals surface area contributed by atoms with E-state index in [0.717, 1.165) is 11.4 Å². The summed E-state index contributed by atoms with van der Waals surface area (Å²) in [5.41, 5.74) is 5.74. The van der Waals surface area contributed by atoms with Crippen LogP contribution in [0.5, 0.6) is 5.75 Å². The zero-order valence-electron chi connectivity index (χ0n) is 20.0. The largest absolute Gasteiger partial charge is 0.494 e. The third kappa shape index (κ3) is 4.90. The van der Waals surface area contributed by atoms with Crippen LogP contribution in [0.2, 0.25) is 0 Å². The van der Waals surface area contributed by atoms with E-state index in [1.807, 2.05) is 26.0 Å². The number of nitro groups is 1. The number of non-ortho nitro benzene ring substituents is 1. The molecule has 1 aromatic heterocycles. The molecule has 186 valence electrons. The number of ether oxygens (including phenoxy) is 1. The lowest BCUT2D eigenvalue weighted by Crippen LogP contribution is -2.28. The van der Waals surface area contributed by atoms with Crippen molar-refractivity contribution in [2.45, 2.75) is 20.3 Å². The first-order valence-corrected chi connectivity index (χ1v) is 11.2. The van der Waals surface area contributed by atoms with Gasteiger partial charge in [-0.15, -0.1) is 0 Å². The number of amides is 3. The van der Waals surface area contributed by atoms with E-state index < -0.39 is 10.8 Å². The lowest BCUT2D eigenvalue weighted by molar-refractivity contribution is -0.384. The van der Waals surface area contributed by atoms with Gasteiger partial charge in [0.15, 0.2) is 0 Å². The van der Waals surface area contributed by atoms with E-state index in [-0.39, 0.29) is 42.1 Å². The maximum Gasteiger partial charge on any atom is 0.273 e. The van der Waals surface area contributed by atoms with Crippen molar-refractivity contribution in [3.63, 3.8) is 0 Å². The molecule has 1 saturated heterocycles. The predicted octanol–water partition coefficient (Wildman–Crippen LogP) is 3.40. The van der Waals surface area contributed by atoms with Crippen molar-refractivity contribution in [3.05, 3.63) is 81.7 Å². The molecular weight excluding hydrogens is 466 g/mol. The fourth-order valence-corrected chi connectivity index (χ4v) is 4.08. The van der Waals surface area contributed by atoms with E-state index in [0.29, 0.717) is 16.9 Å². The second-order valence-electron chi connectivity index (χ2n) is 8.48. The Morgan fingerprint density at radius 2 is 1.72 bits per heavy atom. The van der Waals surface area contributed by atoms with Crippen LogP contribution in [-0.4, -0.2) is 41.0 Å². The van der Waals surface area contributed by atoms with Gasteiger partial charge in [0.2, 0.25) is 11.8 Å². The Bertz CT molecular complexity index is 1330. The molecule has 0 spiro atoms. The zero-order valence-corrected chi connectivity index (χ0v) is 20.0. The molecule has 11 nitrogen and oxygen atoms in total. The first kappa shape index (κ1) is 24.5. The van der Waals surface area contributed by atoms with Gasteiger partial charge >= 0.3 is 0 Å². The van der Waals surface area contributed by atoms with E-state index in [9.17, 15) is 24.5 Å². The second kappa shape index (κ2) is 9.90. The first-order chi connectivity index (χ1) is 17.2. The third-order valence-electron chi connectivity index (χ3n) is 6.06. The summed E-state index contributed by atoms with van der Waals surface area (Å²) in [7, 11) is 1.36. The van der Waals surface area contributed by atoms with E-state index >= 15 is 0 Å². The Labute approximate surface area is 206 Å². The van der Waals surface area contributed by atoms with Crippen LogP contribution in [0.25, 0.3) is 0 Å². The molecule has 1 aliphatic heterocycles. The Hall–Kier alpha value is -4.67. The standard InChI is InChI=1S/C25H25N5O6/c1-15-4-5-16(2)29(15)27-25(33)17-6-8-19(9-7-17)26-24(32)18-12-23(31)28(14-18)21-11-10-20(30(34)35)13-22(21)36-3/h4-11,13,18H,12,14H2,1-3H3,(H,26,32)(H,27,33)/t18-/m1/s1. The second-order valence-corrected chi connectivity index (χ2v) is 8.48. The van der Waals surface area contributed by atoms with Crippen molar-refractivity contribution in [2.75, 3.05) is 29.3 Å². The molecule has 3 aromatic rings. The van der Waals surface area contributed by atoms with E-state index in [4.69, 9.17) is 4.74 Å². The van der Waals surface area contributed by atoms with Crippen molar-refractivity contribution in [3.8, 4) is 5.75 Å². The van der Waals surface area contributed by atoms with Gasteiger partial charge in [0, 0.05) is 41.7 Å². The monoisotopic (exact) mass is 491 g/mol. The summed E-state index contributed by atoms with van der Waals surface area (Å²) in [6, 6.07) is 14.2. The van der Waals surface area contributed by atoms with Crippen LogP contribution in [0.1, 0.15) is 28.2 Å². The van der Waals surface area contributed by atoms with E-state index in [1.54, 1.807) is 28.9 Å². The lowest BCUT2D eigenvalue weighted by atomic mass is 10.1. The van der Waals surface area contributed by atoms with E-state index in [2.05, 4.69) is 10.7 Å². The summed E-state index contributed by atoms with van der Waals surface area (Å²) in [6.07, 6.45) is -0.0119. The Morgan fingerprint density at radius 1 is 1.06 bits per heavy atom. The third-order valence-corrected chi connectivity index (χ3v) is 6.06. The zero-order chi connectivity index (χ0) is 26.0. The molecule has 0 saturated carbocycles. The number of nitrogens with one attached hydrogen (secondary N) is 2. The lowest BCUT2D eigenvalue weighted by Gasteiger charge is -2.19. The van der Waals surface area contributed by atoms with Crippen molar-refractivity contribution < 1.29 is 24.0 Å². The average Bonchev–Trinajstić information content (AvgIpc) is 3.41. The van der Waals surface area contributed by atoms with Gasteiger partial charge in [0.05, 0.1) is 29.7 Å². The Morgan fingerprint density at radius 3 is 2.33 bits per heavy atom. The quantitative estimate of drug-likeness (QED) is 0.384.